The number of anilines is 1. The summed E-state index contributed by atoms with van der Waals surface area (Å²) in [4.78, 5) is 4.42. The van der Waals surface area contributed by atoms with Gasteiger partial charge in [-0.15, -0.1) is 5.10 Å². The van der Waals surface area contributed by atoms with E-state index in [1.165, 1.54) is 5.56 Å². The Morgan fingerprint density at radius 2 is 2.00 bits per heavy atom. The second-order valence-corrected chi connectivity index (χ2v) is 4.79. The van der Waals surface area contributed by atoms with Crippen LogP contribution in [0.1, 0.15) is 11.1 Å². The van der Waals surface area contributed by atoms with Gasteiger partial charge in [-0.2, -0.15) is 4.98 Å². The molecule has 0 saturated heterocycles. The number of phenols is 1. The highest BCUT2D eigenvalue weighted by Crippen LogP contribution is 2.11. The third-order valence-electron chi connectivity index (χ3n) is 3.13. The Hall–Kier alpha value is -2.56. The zero-order valence-electron chi connectivity index (χ0n) is 11.2. The zero-order valence-corrected chi connectivity index (χ0v) is 11.2. The Labute approximate surface area is 116 Å². The number of nitrogens with one attached hydrogen (secondary N) is 1. The third kappa shape index (κ3) is 2.71. The van der Waals surface area contributed by atoms with E-state index in [1.807, 2.05) is 37.4 Å². The molecule has 0 unspecified atom stereocenters. The smallest absolute Gasteiger partial charge is 0.243 e. The minimum atomic E-state index is 0.291. The molecule has 5 nitrogen and oxygen atoms in total. The van der Waals surface area contributed by atoms with Gasteiger partial charge in [-0.25, -0.2) is 4.52 Å². The van der Waals surface area contributed by atoms with Crippen LogP contribution < -0.4 is 5.32 Å². The van der Waals surface area contributed by atoms with Crippen molar-refractivity contribution in [2.75, 3.05) is 11.9 Å². The van der Waals surface area contributed by atoms with Crippen molar-refractivity contribution in [3.05, 3.63) is 53.7 Å². The third-order valence-corrected chi connectivity index (χ3v) is 3.13. The first kappa shape index (κ1) is 12.5. The van der Waals surface area contributed by atoms with Gasteiger partial charge < -0.3 is 10.4 Å². The van der Waals surface area contributed by atoms with E-state index >= 15 is 0 Å². The van der Waals surface area contributed by atoms with Gasteiger partial charge in [0.1, 0.15) is 5.75 Å². The second-order valence-electron chi connectivity index (χ2n) is 4.79. The van der Waals surface area contributed by atoms with Crippen molar-refractivity contribution >= 4 is 11.6 Å². The fraction of sp³-hybridized carbons (Fsp3) is 0.200. The minimum Gasteiger partial charge on any atom is -0.508 e. The molecule has 0 spiro atoms. The van der Waals surface area contributed by atoms with Gasteiger partial charge in [0, 0.05) is 12.7 Å². The minimum absolute atomic E-state index is 0.291. The van der Waals surface area contributed by atoms with Crippen LogP contribution in [-0.4, -0.2) is 26.2 Å². The standard InChI is InChI=1S/C15H16N4O/c1-11-7-9-19-14(10-11)17-15(18-19)16-8-6-12-2-4-13(20)5-3-12/h2-5,7,9-10,20H,6,8H2,1H3,(H,16,18). The van der Waals surface area contributed by atoms with Gasteiger partial charge >= 0.3 is 0 Å². The summed E-state index contributed by atoms with van der Waals surface area (Å²) in [5.41, 5.74) is 3.17. The number of phenolic OH excluding ortho intramolecular Hbond substituents is 1. The first-order valence-corrected chi connectivity index (χ1v) is 6.55. The molecule has 102 valence electrons. The van der Waals surface area contributed by atoms with E-state index in [2.05, 4.69) is 15.4 Å². The van der Waals surface area contributed by atoms with E-state index in [9.17, 15) is 5.11 Å². The maximum atomic E-state index is 9.22. The summed E-state index contributed by atoms with van der Waals surface area (Å²) < 4.78 is 1.76. The topological polar surface area (TPSA) is 62.5 Å². The summed E-state index contributed by atoms with van der Waals surface area (Å²) in [6.07, 6.45) is 2.76. The van der Waals surface area contributed by atoms with Gasteiger partial charge in [-0.3, -0.25) is 0 Å². The molecule has 0 aliphatic carbocycles. The first-order valence-electron chi connectivity index (χ1n) is 6.55. The first-order chi connectivity index (χ1) is 9.70. The van der Waals surface area contributed by atoms with Crippen LogP contribution in [0.15, 0.2) is 42.6 Å². The Kier molecular flexibility index (Phi) is 3.25. The second kappa shape index (κ2) is 5.21. The lowest BCUT2D eigenvalue weighted by atomic mass is 10.1. The van der Waals surface area contributed by atoms with Crippen LogP contribution in [0, 0.1) is 6.92 Å². The van der Waals surface area contributed by atoms with Crippen molar-refractivity contribution in [3.63, 3.8) is 0 Å². The fourth-order valence-corrected chi connectivity index (χ4v) is 2.04. The fourth-order valence-electron chi connectivity index (χ4n) is 2.04. The number of fused-ring (bicyclic) bond motifs is 1. The van der Waals surface area contributed by atoms with Gasteiger partial charge in [-0.1, -0.05) is 12.1 Å². The van der Waals surface area contributed by atoms with Gasteiger partial charge in [0.25, 0.3) is 0 Å². The molecule has 0 amide bonds. The van der Waals surface area contributed by atoms with Crippen LogP contribution in [0.2, 0.25) is 0 Å². The highest BCUT2D eigenvalue weighted by molar-refractivity contribution is 5.45. The predicted octanol–water partition coefficient (Wildman–Crippen LogP) is 2.40. The summed E-state index contributed by atoms with van der Waals surface area (Å²) in [5, 5.41) is 16.8. The average Bonchev–Trinajstić information content (AvgIpc) is 2.83. The summed E-state index contributed by atoms with van der Waals surface area (Å²) in [6.45, 7) is 2.78. The Balaban J connectivity index is 1.63. The molecule has 0 aliphatic heterocycles. The summed E-state index contributed by atoms with van der Waals surface area (Å²) in [7, 11) is 0. The van der Waals surface area contributed by atoms with Crippen molar-refractivity contribution in [3.8, 4) is 5.75 Å². The average molecular weight is 268 g/mol. The van der Waals surface area contributed by atoms with Crippen molar-refractivity contribution in [2.45, 2.75) is 13.3 Å². The van der Waals surface area contributed by atoms with E-state index in [0.29, 0.717) is 11.7 Å². The lowest BCUT2D eigenvalue weighted by molar-refractivity contribution is 0.475. The Morgan fingerprint density at radius 3 is 2.80 bits per heavy atom. The number of hydrogen-bond acceptors (Lipinski definition) is 4. The number of aromatic nitrogens is 3. The van der Waals surface area contributed by atoms with Crippen molar-refractivity contribution in [1.82, 2.24) is 14.6 Å². The van der Waals surface area contributed by atoms with Gasteiger partial charge in [-0.05, 0) is 48.7 Å². The van der Waals surface area contributed by atoms with Gasteiger partial charge in [0.05, 0.1) is 0 Å². The van der Waals surface area contributed by atoms with Crippen molar-refractivity contribution in [1.29, 1.82) is 0 Å². The molecule has 0 saturated carbocycles. The summed E-state index contributed by atoms with van der Waals surface area (Å²) in [6, 6.07) is 11.2. The van der Waals surface area contributed by atoms with E-state index in [-0.39, 0.29) is 0 Å². The molecular weight excluding hydrogens is 252 g/mol. The van der Waals surface area contributed by atoms with Crippen molar-refractivity contribution in [2.24, 2.45) is 0 Å². The lowest BCUT2D eigenvalue weighted by Crippen LogP contribution is -2.06. The molecule has 0 fully saturated rings. The molecule has 3 aromatic rings. The van der Waals surface area contributed by atoms with Gasteiger partial charge in [0.15, 0.2) is 5.65 Å². The summed E-state index contributed by atoms with van der Waals surface area (Å²) in [5.74, 6) is 0.925. The number of nitrogens with zero attached hydrogens (tertiary/aromatic N) is 3. The number of hydrogen-bond donors (Lipinski definition) is 2. The molecule has 2 heterocycles. The molecule has 5 heteroatoms. The molecule has 1 aromatic carbocycles. The molecule has 0 aliphatic rings. The molecule has 0 radical (unpaired) electrons. The highest BCUT2D eigenvalue weighted by atomic mass is 16.3. The predicted molar refractivity (Wildman–Crippen MR) is 78.0 cm³/mol. The van der Waals surface area contributed by atoms with E-state index in [1.54, 1.807) is 16.6 Å². The van der Waals surface area contributed by atoms with Crippen LogP contribution in [0.4, 0.5) is 5.95 Å². The SMILES string of the molecule is Cc1ccn2nc(NCCc3ccc(O)cc3)nc2c1. The zero-order chi connectivity index (χ0) is 13.9. The maximum absolute atomic E-state index is 9.22. The van der Waals surface area contributed by atoms with Crippen LogP contribution in [0.5, 0.6) is 5.75 Å². The van der Waals surface area contributed by atoms with Crippen LogP contribution in [0.3, 0.4) is 0 Å². The quantitative estimate of drug-likeness (QED) is 0.762. The Bertz CT molecular complexity index is 718. The van der Waals surface area contributed by atoms with E-state index < -0.39 is 0 Å². The van der Waals surface area contributed by atoms with Crippen LogP contribution in [0.25, 0.3) is 5.65 Å². The number of pyridine rings is 1. The normalized spacial score (nSPS) is 10.8. The largest absolute Gasteiger partial charge is 0.508 e. The molecule has 0 atom stereocenters. The maximum Gasteiger partial charge on any atom is 0.243 e. The molecule has 20 heavy (non-hydrogen) atoms. The number of rotatable bonds is 4. The molecule has 3 rings (SSSR count). The Morgan fingerprint density at radius 1 is 1.20 bits per heavy atom. The molecule has 2 N–H and O–H groups in total. The van der Waals surface area contributed by atoms with Crippen molar-refractivity contribution < 1.29 is 5.11 Å². The number of benzene rings is 1. The van der Waals surface area contributed by atoms with E-state index in [4.69, 9.17) is 0 Å². The number of aryl methyl sites for hydroxylation is 1. The number of aromatic hydroxyl groups is 1. The van der Waals surface area contributed by atoms with Gasteiger partial charge in [0.2, 0.25) is 5.95 Å². The molecular formula is C15H16N4O. The lowest BCUT2D eigenvalue weighted by Gasteiger charge is -2.02. The molecule has 2 aromatic heterocycles. The highest BCUT2D eigenvalue weighted by Gasteiger charge is 2.02. The summed E-state index contributed by atoms with van der Waals surface area (Å²) >= 11 is 0. The van der Waals surface area contributed by atoms with E-state index in [0.717, 1.165) is 24.2 Å². The molecule has 0 bridgehead atoms. The van der Waals surface area contributed by atoms with Crippen LogP contribution in [-0.2, 0) is 6.42 Å². The van der Waals surface area contributed by atoms with Crippen LogP contribution >= 0.6 is 0 Å². The monoisotopic (exact) mass is 268 g/mol.